The Hall–Kier alpha value is -1.04. The second-order valence-corrected chi connectivity index (χ2v) is 6.15. The zero-order chi connectivity index (χ0) is 12.5. The van der Waals surface area contributed by atoms with E-state index in [1.807, 2.05) is 0 Å². The van der Waals surface area contributed by atoms with Gasteiger partial charge in [-0.3, -0.25) is 4.79 Å². The maximum atomic E-state index is 10.6. The lowest BCUT2D eigenvalue weighted by molar-refractivity contribution is -0.133. The van der Waals surface area contributed by atoms with Crippen LogP contribution in [0.4, 0.5) is 0 Å². The molecule has 1 heterocycles. The molecule has 6 heteroatoms. The molecule has 1 N–H and O–H groups in total. The molecule has 0 unspecified atom stereocenters. The standard InChI is InChI=1S/C12H17N3O2S/c16-10(17)7-18-12-14-13-11(9-4-5-9)15(12)6-8-2-1-3-8/h8-9H,1-7H2,(H,16,17). The van der Waals surface area contributed by atoms with Gasteiger partial charge in [0.2, 0.25) is 0 Å². The first kappa shape index (κ1) is 12.0. The van der Waals surface area contributed by atoms with Gasteiger partial charge in [0.05, 0.1) is 5.75 Å². The van der Waals surface area contributed by atoms with Crippen molar-refractivity contribution in [2.45, 2.75) is 49.7 Å². The summed E-state index contributed by atoms with van der Waals surface area (Å²) in [5.74, 6) is 1.65. The molecule has 1 aromatic heterocycles. The average Bonchev–Trinajstić information content (AvgIpc) is 3.03. The largest absolute Gasteiger partial charge is 0.481 e. The van der Waals surface area contributed by atoms with E-state index in [0.29, 0.717) is 5.92 Å². The van der Waals surface area contributed by atoms with Crippen LogP contribution in [0.3, 0.4) is 0 Å². The summed E-state index contributed by atoms with van der Waals surface area (Å²) in [5.41, 5.74) is 0. The van der Waals surface area contributed by atoms with Crippen molar-refractivity contribution in [3.05, 3.63) is 5.82 Å². The normalized spacial score (nSPS) is 19.8. The van der Waals surface area contributed by atoms with E-state index in [1.165, 1.54) is 43.9 Å². The zero-order valence-electron chi connectivity index (χ0n) is 10.2. The van der Waals surface area contributed by atoms with E-state index in [9.17, 15) is 4.79 Å². The number of aliphatic carboxylic acids is 1. The molecule has 2 saturated carbocycles. The average molecular weight is 267 g/mol. The third-order valence-electron chi connectivity index (χ3n) is 3.68. The van der Waals surface area contributed by atoms with Crippen LogP contribution in [0.5, 0.6) is 0 Å². The Kier molecular flexibility index (Phi) is 3.28. The smallest absolute Gasteiger partial charge is 0.313 e. The van der Waals surface area contributed by atoms with Gasteiger partial charge in [0.15, 0.2) is 5.16 Å². The van der Waals surface area contributed by atoms with Crippen LogP contribution in [0.2, 0.25) is 0 Å². The van der Waals surface area contributed by atoms with E-state index < -0.39 is 5.97 Å². The first-order chi connectivity index (χ1) is 8.74. The lowest BCUT2D eigenvalue weighted by Crippen LogP contribution is -2.20. The zero-order valence-corrected chi connectivity index (χ0v) is 11.0. The molecule has 0 aromatic carbocycles. The number of nitrogens with zero attached hydrogens (tertiary/aromatic N) is 3. The molecule has 0 spiro atoms. The molecule has 0 radical (unpaired) electrons. The second-order valence-electron chi connectivity index (χ2n) is 5.20. The van der Waals surface area contributed by atoms with Crippen LogP contribution in [-0.2, 0) is 11.3 Å². The molecule has 2 aliphatic rings. The van der Waals surface area contributed by atoms with Crippen molar-refractivity contribution in [2.24, 2.45) is 5.92 Å². The summed E-state index contributed by atoms with van der Waals surface area (Å²) in [7, 11) is 0. The summed E-state index contributed by atoms with van der Waals surface area (Å²) in [6.07, 6.45) is 6.29. The quantitative estimate of drug-likeness (QED) is 0.800. The molecule has 18 heavy (non-hydrogen) atoms. The van der Waals surface area contributed by atoms with Crippen LogP contribution in [0, 0.1) is 5.92 Å². The van der Waals surface area contributed by atoms with Crippen molar-refractivity contribution in [3.63, 3.8) is 0 Å². The summed E-state index contributed by atoms with van der Waals surface area (Å²) in [6, 6.07) is 0. The lowest BCUT2D eigenvalue weighted by atomic mass is 9.85. The maximum Gasteiger partial charge on any atom is 0.313 e. The summed E-state index contributed by atoms with van der Waals surface area (Å²) in [5, 5.41) is 18.0. The van der Waals surface area contributed by atoms with Crippen molar-refractivity contribution < 1.29 is 9.90 Å². The molecule has 5 nitrogen and oxygen atoms in total. The van der Waals surface area contributed by atoms with Gasteiger partial charge in [-0.1, -0.05) is 18.2 Å². The van der Waals surface area contributed by atoms with Crippen LogP contribution < -0.4 is 0 Å². The minimum Gasteiger partial charge on any atom is -0.481 e. The molecule has 0 atom stereocenters. The molecule has 2 fully saturated rings. The molecule has 0 saturated heterocycles. The molecule has 2 aliphatic carbocycles. The molecule has 0 bridgehead atoms. The van der Waals surface area contributed by atoms with Gasteiger partial charge in [-0.15, -0.1) is 10.2 Å². The maximum absolute atomic E-state index is 10.6. The molecule has 0 aliphatic heterocycles. The van der Waals surface area contributed by atoms with E-state index in [1.54, 1.807) is 0 Å². The Bertz CT molecular complexity index is 452. The molecular weight excluding hydrogens is 250 g/mol. The SMILES string of the molecule is O=C(O)CSc1nnc(C2CC2)n1CC1CCC1. The van der Waals surface area contributed by atoms with Gasteiger partial charge in [0, 0.05) is 12.5 Å². The van der Waals surface area contributed by atoms with Gasteiger partial charge < -0.3 is 9.67 Å². The third-order valence-corrected chi connectivity index (χ3v) is 4.63. The second kappa shape index (κ2) is 4.91. The minimum absolute atomic E-state index is 0.0630. The summed E-state index contributed by atoms with van der Waals surface area (Å²) in [6.45, 7) is 0.973. The van der Waals surface area contributed by atoms with Gasteiger partial charge in [-0.05, 0) is 31.6 Å². The fourth-order valence-electron chi connectivity index (χ4n) is 2.28. The molecular formula is C12H17N3O2S. The van der Waals surface area contributed by atoms with Crippen molar-refractivity contribution in [3.8, 4) is 0 Å². The highest BCUT2D eigenvalue weighted by atomic mass is 32.2. The first-order valence-corrected chi connectivity index (χ1v) is 7.50. The monoisotopic (exact) mass is 267 g/mol. The molecule has 3 rings (SSSR count). The summed E-state index contributed by atoms with van der Waals surface area (Å²) < 4.78 is 2.18. The number of carboxylic acid groups (broad SMARTS) is 1. The Morgan fingerprint density at radius 3 is 2.67 bits per heavy atom. The third kappa shape index (κ3) is 2.53. The van der Waals surface area contributed by atoms with E-state index in [-0.39, 0.29) is 5.75 Å². The number of hydrogen-bond donors (Lipinski definition) is 1. The summed E-state index contributed by atoms with van der Waals surface area (Å²) >= 11 is 1.29. The van der Waals surface area contributed by atoms with E-state index >= 15 is 0 Å². The van der Waals surface area contributed by atoms with Gasteiger partial charge in [0.25, 0.3) is 0 Å². The Balaban J connectivity index is 1.75. The van der Waals surface area contributed by atoms with Gasteiger partial charge in [0.1, 0.15) is 5.82 Å². The van der Waals surface area contributed by atoms with Crippen molar-refractivity contribution in [1.29, 1.82) is 0 Å². The van der Waals surface area contributed by atoms with E-state index in [4.69, 9.17) is 5.11 Å². The predicted molar refractivity (Wildman–Crippen MR) is 67.7 cm³/mol. The number of carboxylic acids is 1. The predicted octanol–water partition coefficient (Wildman–Crippen LogP) is 2.13. The van der Waals surface area contributed by atoms with Gasteiger partial charge >= 0.3 is 5.97 Å². The topological polar surface area (TPSA) is 68.0 Å². The van der Waals surface area contributed by atoms with Gasteiger partial charge in [-0.25, -0.2) is 0 Å². The fraction of sp³-hybridized carbons (Fsp3) is 0.750. The Labute approximate surface area is 110 Å². The van der Waals surface area contributed by atoms with Crippen LogP contribution >= 0.6 is 11.8 Å². The van der Waals surface area contributed by atoms with Crippen LogP contribution in [-0.4, -0.2) is 31.6 Å². The molecule has 1 aromatic rings. The van der Waals surface area contributed by atoms with E-state index in [0.717, 1.165) is 23.4 Å². The number of rotatable bonds is 6. The summed E-state index contributed by atoms with van der Waals surface area (Å²) in [4.78, 5) is 10.6. The van der Waals surface area contributed by atoms with Crippen molar-refractivity contribution in [1.82, 2.24) is 14.8 Å². The van der Waals surface area contributed by atoms with Crippen LogP contribution in [0.25, 0.3) is 0 Å². The fourth-order valence-corrected chi connectivity index (χ4v) is 2.96. The molecule has 98 valence electrons. The van der Waals surface area contributed by atoms with Crippen LogP contribution in [0.15, 0.2) is 5.16 Å². The van der Waals surface area contributed by atoms with Crippen molar-refractivity contribution >= 4 is 17.7 Å². The highest BCUT2D eigenvalue weighted by Gasteiger charge is 2.32. The first-order valence-electron chi connectivity index (χ1n) is 6.51. The molecule has 0 amide bonds. The minimum atomic E-state index is -0.800. The Morgan fingerprint density at radius 2 is 2.11 bits per heavy atom. The Morgan fingerprint density at radius 1 is 1.33 bits per heavy atom. The van der Waals surface area contributed by atoms with E-state index in [2.05, 4.69) is 14.8 Å². The highest BCUT2D eigenvalue weighted by Crippen LogP contribution is 2.41. The highest BCUT2D eigenvalue weighted by molar-refractivity contribution is 7.99. The lowest BCUT2D eigenvalue weighted by Gasteiger charge is -2.26. The number of carbonyl (C=O) groups is 1. The number of hydrogen-bond acceptors (Lipinski definition) is 4. The van der Waals surface area contributed by atoms with Gasteiger partial charge in [-0.2, -0.15) is 0 Å². The number of aromatic nitrogens is 3. The van der Waals surface area contributed by atoms with Crippen molar-refractivity contribution in [2.75, 3.05) is 5.75 Å². The van der Waals surface area contributed by atoms with Crippen LogP contribution in [0.1, 0.15) is 43.8 Å². The number of thioether (sulfide) groups is 1.